The van der Waals surface area contributed by atoms with Crippen molar-refractivity contribution in [3.05, 3.63) is 0 Å². The summed E-state index contributed by atoms with van der Waals surface area (Å²) in [7, 11) is 0. The topological polar surface area (TPSA) is 38.7 Å². The van der Waals surface area contributed by atoms with E-state index in [-0.39, 0.29) is 12.9 Å². The quantitative estimate of drug-likeness (QED) is 0.522. The maximum atomic E-state index is 8.35. The first kappa shape index (κ1) is 10.4. The summed E-state index contributed by atoms with van der Waals surface area (Å²) in [6, 6.07) is 0. The zero-order valence-corrected chi connectivity index (χ0v) is 7.63. The van der Waals surface area contributed by atoms with Crippen LogP contribution in [0.3, 0.4) is 0 Å². The van der Waals surface area contributed by atoms with Gasteiger partial charge in [-0.15, -0.1) is 0 Å². The van der Waals surface area contributed by atoms with Crippen LogP contribution in [0.5, 0.6) is 0 Å². The molecule has 0 aromatic heterocycles. The normalized spacial score (nSPS) is 13.5. The monoisotopic (exact) mass is 212 g/mol. The summed E-state index contributed by atoms with van der Waals surface area (Å²) < 4.78 is 10.1. The molecule has 0 rings (SSSR count). The van der Waals surface area contributed by atoms with Crippen molar-refractivity contribution < 1.29 is 14.6 Å². The van der Waals surface area contributed by atoms with E-state index in [9.17, 15) is 0 Å². The van der Waals surface area contributed by atoms with E-state index in [2.05, 4.69) is 15.9 Å². The molecule has 1 unspecified atom stereocenters. The van der Waals surface area contributed by atoms with Crippen molar-refractivity contribution >= 4 is 15.9 Å². The molecule has 0 aliphatic heterocycles. The Morgan fingerprint density at radius 2 is 2.00 bits per heavy atom. The predicted molar refractivity (Wildman–Crippen MR) is 42.2 cm³/mol. The van der Waals surface area contributed by atoms with Crippen molar-refractivity contribution in [2.75, 3.05) is 25.2 Å². The highest BCUT2D eigenvalue weighted by atomic mass is 79.9. The largest absolute Gasteiger partial charge is 0.394 e. The lowest BCUT2D eigenvalue weighted by Gasteiger charge is -2.11. The Balaban J connectivity index is 3.00. The van der Waals surface area contributed by atoms with Crippen LogP contribution in [-0.2, 0) is 9.47 Å². The fourth-order valence-corrected chi connectivity index (χ4v) is 0.664. The fraction of sp³-hybridized carbons (Fsp3) is 1.00. The number of aliphatic hydroxyl groups is 1. The second kappa shape index (κ2) is 7.47. The van der Waals surface area contributed by atoms with Gasteiger partial charge in [0, 0.05) is 5.33 Å². The number of ether oxygens (including phenoxy) is 2. The Labute approximate surface area is 69.5 Å². The van der Waals surface area contributed by atoms with Crippen molar-refractivity contribution in [3.8, 4) is 0 Å². The van der Waals surface area contributed by atoms with Gasteiger partial charge < -0.3 is 14.6 Å². The van der Waals surface area contributed by atoms with E-state index in [0.717, 1.165) is 5.33 Å². The summed E-state index contributed by atoms with van der Waals surface area (Å²) in [6.07, 6.45) is -0.218. The second-order valence-corrected chi connectivity index (χ2v) is 2.51. The number of halogens is 1. The zero-order chi connectivity index (χ0) is 7.82. The summed E-state index contributed by atoms with van der Waals surface area (Å²) in [5.74, 6) is 0. The number of hydrogen-bond donors (Lipinski definition) is 1. The highest BCUT2D eigenvalue weighted by molar-refractivity contribution is 9.09. The molecule has 0 aromatic rings. The predicted octanol–water partition coefficient (Wildman–Crippen LogP) is 0.753. The molecular weight excluding hydrogens is 200 g/mol. The van der Waals surface area contributed by atoms with Crippen LogP contribution >= 0.6 is 15.9 Å². The Morgan fingerprint density at radius 3 is 2.50 bits per heavy atom. The highest BCUT2D eigenvalue weighted by Crippen LogP contribution is 1.93. The Kier molecular flexibility index (Phi) is 7.74. The highest BCUT2D eigenvalue weighted by Gasteiger charge is 1.98. The molecule has 0 bridgehead atoms. The number of alkyl halides is 1. The van der Waals surface area contributed by atoms with Crippen molar-refractivity contribution in [3.63, 3.8) is 0 Å². The Hall–Kier alpha value is 0.360. The molecule has 0 aliphatic carbocycles. The fourth-order valence-electron chi connectivity index (χ4n) is 0.477. The SMILES string of the molecule is CC(OCCO)OCCBr. The molecule has 3 nitrogen and oxygen atoms in total. The molecule has 1 atom stereocenters. The lowest BCUT2D eigenvalue weighted by Crippen LogP contribution is -2.16. The minimum atomic E-state index is -0.218. The maximum absolute atomic E-state index is 8.35. The number of rotatable bonds is 6. The lowest BCUT2D eigenvalue weighted by atomic mass is 10.7. The standard InChI is InChI=1S/C6H13BrO3/c1-6(9-4-2-7)10-5-3-8/h6,8H,2-5H2,1H3. The second-order valence-electron chi connectivity index (χ2n) is 1.72. The summed E-state index contributed by atoms with van der Waals surface area (Å²) in [5.41, 5.74) is 0. The van der Waals surface area contributed by atoms with E-state index in [0.29, 0.717) is 13.2 Å². The van der Waals surface area contributed by atoms with E-state index in [1.807, 2.05) is 0 Å². The van der Waals surface area contributed by atoms with Crippen LogP contribution in [-0.4, -0.2) is 36.5 Å². The van der Waals surface area contributed by atoms with Gasteiger partial charge in [-0.1, -0.05) is 15.9 Å². The summed E-state index contributed by atoms with van der Waals surface area (Å²) in [5, 5.41) is 9.16. The average Bonchev–Trinajstić information content (AvgIpc) is 1.97. The van der Waals surface area contributed by atoms with Crippen LogP contribution in [0, 0.1) is 0 Å². The molecule has 4 heteroatoms. The van der Waals surface area contributed by atoms with Crippen LogP contribution < -0.4 is 0 Å². The van der Waals surface area contributed by atoms with Gasteiger partial charge >= 0.3 is 0 Å². The van der Waals surface area contributed by atoms with Gasteiger partial charge in [-0.05, 0) is 6.92 Å². The molecule has 10 heavy (non-hydrogen) atoms. The Bertz CT molecular complexity index is 62.0. The molecule has 0 radical (unpaired) electrons. The molecule has 0 spiro atoms. The van der Waals surface area contributed by atoms with Gasteiger partial charge in [-0.25, -0.2) is 0 Å². The van der Waals surface area contributed by atoms with Crippen molar-refractivity contribution in [1.29, 1.82) is 0 Å². The minimum absolute atomic E-state index is 0.0437. The molecule has 0 saturated heterocycles. The molecule has 0 amide bonds. The minimum Gasteiger partial charge on any atom is -0.394 e. The molecule has 0 saturated carbocycles. The molecule has 0 fully saturated rings. The average molecular weight is 213 g/mol. The van der Waals surface area contributed by atoms with Gasteiger partial charge in [0.25, 0.3) is 0 Å². The van der Waals surface area contributed by atoms with Gasteiger partial charge in [-0.2, -0.15) is 0 Å². The van der Waals surface area contributed by atoms with E-state index in [1.165, 1.54) is 0 Å². The maximum Gasteiger partial charge on any atom is 0.154 e. The first-order chi connectivity index (χ1) is 4.81. The van der Waals surface area contributed by atoms with Gasteiger partial charge in [0.1, 0.15) is 0 Å². The van der Waals surface area contributed by atoms with Crippen LogP contribution in [0.2, 0.25) is 0 Å². The van der Waals surface area contributed by atoms with Crippen molar-refractivity contribution in [2.45, 2.75) is 13.2 Å². The molecule has 0 aliphatic rings. The summed E-state index contributed by atoms with van der Waals surface area (Å²) >= 11 is 3.22. The lowest BCUT2D eigenvalue weighted by molar-refractivity contribution is -0.131. The first-order valence-electron chi connectivity index (χ1n) is 3.21. The van der Waals surface area contributed by atoms with Crippen molar-refractivity contribution in [1.82, 2.24) is 0 Å². The van der Waals surface area contributed by atoms with Gasteiger partial charge in [0.05, 0.1) is 19.8 Å². The molecule has 62 valence electrons. The van der Waals surface area contributed by atoms with Gasteiger partial charge in [0.2, 0.25) is 0 Å². The van der Waals surface area contributed by atoms with Gasteiger partial charge in [-0.3, -0.25) is 0 Å². The summed E-state index contributed by atoms with van der Waals surface area (Å²) in [6.45, 7) is 2.82. The zero-order valence-electron chi connectivity index (χ0n) is 6.05. The van der Waals surface area contributed by atoms with E-state index < -0.39 is 0 Å². The summed E-state index contributed by atoms with van der Waals surface area (Å²) in [4.78, 5) is 0. The number of hydrogen-bond acceptors (Lipinski definition) is 3. The number of aliphatic hydroxyl groups excluding tert-OH is 1. The van der Waals surface area contributed by atoms with E-state index in [4.69, 9.17) is 14.6 Å². The first-order valence-corrected chi connectivity index (χ1v) is 4.33. The van der Waals surface area contributed by atoms with Crippen LogP contribution in [0.1, 0.15) is 6.92 Å². The van der Waals surface area contributed by atoms with Crippen LogP contribution in [0.4, 0.5) is 0 Å². The molecule has 0 heterocycles. The van der Waals surface area contributed by atoms with Crippen LogP contribution in [0.15, 0.2) is 0 Å². The third kappa shape index (κ3) is 6.48. The van der Waals surface area contributed by atoms with E-state index in [1.54, 1.807) is 6.92 Å². The van der Waals surface area contributed by atoms with E-state index >= 15 is 0 Å². The third-order valence-electron chi connectivity index (χ3n) is 0.874. The molecular formula is C6H13BrO3. The third-order valence-corrected chi connectivity index (χ3v) is 1.20. The van der Waals surface area contributed by atoms with Crippen LogP contribution in [0.25, 0.3) is 0 Å². The Morgan fingerprint density at radius 1 is 1.40 bits per heavy atom. The van der Waals surface area contributed by atoms with Gasteiger partial charge in [0.15, 0.2) is 6.29 Å². The smallest absolute Gasteiger partial charge is 0.154 e. The van der Waals surface area contributed by atoms with Crippen molar-refractivity contribution in [2.24, 2.45) is 0 Å². The molecule has 1 N–H and O–H groups in total. The molecule has 0 aromatic carbocycles.